The maximum atomic E-state index is 12.6. The minimum atomic E-state index is -3.40. The first kappa shape index (κ1) is 25.1. The van der Waals surface area contributed by atoms with Crippen LogP contribution >= 0.6 is 7.82 Å². The Morgan fingerprint density at radius 2 is 1.04 bits per heavy atom. The second-order valence-electron chi connectivity index (χ2n) is 7.84. The van der Waals surface area contributed by atoms with Gasteiger partial charge < -0.3 is 0 Å². The van der Waals surface area contributed by atoms with E-state index in [0.29, 0.717) is 31.7 Å². The molecule has 25 heavy (non-hydrogen) atoms. The van der Waals surface area contributed by atoms with Crippen LogP contribution in [0.2, 0.25) is 0 Å². The Labute approximate surface area is 157 Å². The average molecular weight is 379 g/mol. The zero-order valence-electron chi connectivity index (χ0n) is 17.4. The molecule has 0 aromatic carbocycles. The van der Waals surface area contributed by atoms with Crippen molar-refractivity contribution in [2.75, 3.05) is 19.8 Å². The molecule has 152 valence electrons. The molecule has 0 aliphatic heterocycles. The predicted octanol–water partition coefficient (Wildman–Crippen LogP) is 7.38. The van der Waals surface area contributed by atoms with Gasteiger partial charge in [-0.15, -0.1) is 0 Å². The summed E-state index contributed by atoms with van der Waals surface area (Å²) in [6.07, 6.45) is 12.7. The molecular weight excluding hydrogens is 335 g/mol. The summed E-state index contributed by atoms with van der Waals surface area (Å²) in [5.74, 6) is 0.605. The van der Waals surface area contributed by atoms with E-state index < -0.39 is 7.82 Å². The third kappa shape index (κ3) is 17.3. The number of hydrogen-bond donors (Lipinski definition) is 0. The molecule has 0 aromatic rings. The zero-order valence-corrected chi connectivity index (χ0v) is 18.3. The van der Waals surface area contributed by atoms with Crippen molar-refractivity contribution in [3.8, 4) is 0 Å². The molecule has 0 aliphatic rings. The van der Waals surface area contributed by atoms with Crippen LogP contribution in [-0.4, -0.2) is 19.8 Å². The van der Waals surface area contributed by atoms with E-state index in [1.54, 1.807) is 0 Å². The molecule has 0 atom stereocenters. The van der Waals surface area contributed by atoms with Gasteiger partial charge in [0.1, 0.15) is 0 Å². The van der Waals surface area contributed by atoms with Gasteiger partial charge in [0.2, 0.25) is 0 Å². The third-order valence-corrected chi connectivity index (χ3v) is 5.31. The molecular formula is C20H43O4P. The minimum absolute atomic E-state index is 0.303. The van der Waals surface area contributed by atoms with E-state index in [-0.39, 0.29) is 0 Å². The summed E-state index contributed by atoms with van der Waals surface area (Å²) in [4.78, 5) is 0. The molecule has 0 spiro atoms. The number of phosphoric ester groups is 1. The summed E-state index contributed by atoms with van der Waals surface area (Å²) in [7, 11) is -3.40. The molecule has 0 radical (unpaired) electrons. The van der Waals surface area contributed by atoms with Gasteiger partial charge in [0.25, 0.3) is 0 Å². The van der Waals surface area contributed by atoms with E-state index in [2.05, 4.69) is 6.92 Å². The number of hydrogen-bond acceptors (Lipinski definition) is 4. The summed E-state index contributed by atoms with van der Waals surface area (Å²) in [5, 5.41) is 0. The summed E-state index contributed by atoms with van der Waals surface area (Å²) >= 11 is 0. The van der Waals surface area contributed by atoms with Gasteiger partial charge in [-0.05, 0) is 18.3 Å². The molecule has 0 bridgehead atoms. The molecule has 0 N–H and O–H groups in total. The van der Waals surface area contributed by atoms with Crippen LogP contribution in [0, 0.1) is 11.8 Å². The highest BCUT2D eigenvalue weighted by atomic mass is 31.2. The fraction of sp³-hybridized carbons (Fsp3) is 1.00. The Morgan fingerprint density at radius 3 is 1.44 bits per heavy atom. The first-order valence-electron chi connectivity index (χ1n) is 10.4. The van der Waals surface area contributed by atoms with Gasteiger partial charge >= 0.3 is 7.82 Å². The quantitative estimate of drug-likeness (QED) is 0.184. The second kappa shape index (κ2) is 16.3. The van der Waals surface area contributed by atoms with Crippen molar-refractivity contribution in [1.29, 1.82) is 0 Å². The van der Waals surface area contributed by atoms with Gasteiger partial charge in [-0.2, -0.15) is 0 Å². The summed E-state index contributed by atoms with van der Waals surface area (Å²) < 4.78 is 29.0. The molecule has 0 fully saturated rings. The molecule has 0 unspecified atom stereocenters. The van der Waals surface area contributed by atoms with Crippen LogP contribution in [0.25, 0.3) is 0 Å². The Morgan fingerprint density at radius 1 is 0.640 bits per heavy atom. The van der Waals surface area contributed by atoms with Gasteiger partial charge in [-0.25, -0.2) is 4.57 Å². The van der Waals surface area contributed by atoms with Crippen LogP contribution in [0.5, 0.6) is 0 Å². The highest BCUT2D eigenvalue weighted by Gasteiger charge is 2.27. The van der Waals surface area contributed by atoms with Gasteiger partial charge in [0.05, 0.1) is 19.8 Å². The van der Waals surface area contributed by atoms with Crippen LogP contribution in [0.1, 0.15) is 98.8 Å². The predicted molar refractivity (Wildman–Crippen MR) is 107 cm³/mol. The number of rotatable bonds is 18. The van der Waals surface area contributed by atoms with Crippen LogP contribution in [0.15, 0.2) is 0 Å². The summed E-state index contributed by atoms with van der Waals surface area (Å²) in [6.45, 7) is 11.6. The Bertz CT molecular complexity index is 316. The van der Waals surface area contributed by atoms with E-state index in [1.807, 2.05) is 27.7 Å². The average Bonchev–Trinajstić information content (AvgIpc) is 2.56. The Hall–Kier alpha value is 0.110. The van der Waals surface area contributed by atoms with Crippen molar-refractivity contribution >= 4 is 7.82 Å². The number of unbranched alkanes of at least 4 members (excludes halogenated alkanes) is 9. The lowest BCUT2D eigenvalue weighted by Crippen LogP contribution is -2.09. The molecule has 0 rings (SSSR count). The normalized spacial score (nSPS) is 12.4. The molecule has 5 heteroatoms. The van der Waals surface area contributed by atoms with Crippen molar-refractivity contribution in [3.63, 3.8) is 0 Å². The SMILES string of the molecule is CCCCCCCCCCCCOP(=O)(OCC(C)C)OCC(C)C. The van der Waals surface area contributed by atoms with Crippen molar-refractivity contribution < 1.29 is 18.1 Å². The Kier molecular flexibility index (Phi) is 16.4. The third-order valence-electron chi connectivity index (χ3n) is 3.88. The Balaban J connectivity index is 3.77. The van der Waals surface area contributed by atoms with E-state index >= 15 is 0 Å². The largest absolute Gasteiger partial charge is 0.474 e. The second-order valence-corrected chi connectivity index (χ2v) is 9.51. The first-order valence-corrected chi connectivity index (χ1v) is 11.9. The smallest absolute Gasteiger partial charge is 0.287 e. The van der Waals surface area contributed by atoms with Crippen molar-refractivity contribution in [3.05, 3.63) is 0 Å². The maximum Gasteiger partial charge on any atom is 0.474 e. The monoisotopic (exact) mass is 378 g/mol. The highest BCUT2D eigenvalue weighted by molar-refractivity contribution is 7.48. The standard InChI is InChI=1S/C20H43O4P/c1-6-7-8-9-10-11-12-13-14-15-16-22-25(21,23-17-19(2)3)24-18-20(4)5/h19-20H,6-18H2,1-5H3. The summed E-state index contributed by atoms with van der Waals surface area (Å²) in [6, 6.07) is 0. The van der Waals surface area contributed by atoms with Crippen molar-refractivity contribution in [2.24, 2.45) is 11.8 Å². The zero-order chi connectivity index (χ0) is 19.0. The molecule has 0 aliphatic carbocycles. The molecule has 0 heterocycles. The molecule has 0 saturated heterocycles. The van der Waals surface area contributed by atoms with E-state index in [4.69, 9.17) is 13.6 Å². The van der Waals surface area contributed by atoms with Gasteiger partial charge in [0, 0.05) is 0 Å². The van der Waals surface area contributed by atoms with E-state index in [0.717, 1.165) is 12.8 Å². The van der Waals surface area contributed by atoms with Crippen molar-refractivity contribution in [2.45, 2.75) is 98.8 Å². The number of phosphoric acid groups is 1. The lowest BCUT2D eigenvalue weighted by atomic mass is 10.1. The fourth-order valence-corrected chi connectivity index (χ4v) is 3.90. The topological polar surface area (TPSA) is 44.8 Å². The summed E-state index contributed by atoms with van der Waals surface area (Å²) in [5.41, 5.74) is 0. The molecule has 4 nitrogen and oxygen atoms in total. The fourth-order valence-electron chi connectivity index (χ4n) is 2.36. The minimum Gasteiger partial charge on any atom is -0.287 e. The van der Waals surface area contributed by atoms with Crippen LogP contribution < -0.4 is 0 Å². The van der Waals surface area contributed by atoms with Crippen LogP contribution in [0.4, 0.5) is 0 Å². The lowest BCUT2D eigenvalue weighted by molar-refractivity contribution is 0.0944. The maximum absolute atomic E-state index is 12.6. The van der Waals surface area contributed by atoms with Crippen LogP contribution in [-0.2, 0) is 18.1 Å². The van der Waals surface area contributed by atoms with Crippen molar-refractivity contribution in [1.82, 2.24) is 0 Å². The molecule has 0 amide bonds. The van der Waals surface area contributed by atoms with Crippen LogP contribution in [0.3, 0.4) is 0 Å². The molecule has 0 aromatic heterocycles. The van der Waals surface area contributed by atoms with Gasteiger partial charge in [-0.1, -0.05) is 92.4 Å². The molecule has 0 saturated carbocycles. The van der Waals surface area contributed by atoms with E-state index in [9.17, 15) is 4.57 Å². The lowest BCUT2D eigenvalue weighted by Gasteiger charge is -2.20. The highest BCUT2D eigenvalue weighted by Crippen LogP contribution is 2.50. The van der Waals surface area contributed by atoms with E-state index in [1.165, 1.54) is 51.4 Å². The van der Waals surface area contributed by atoms with Gasteiger partial charge in [-0.3, -0.25) is 13.6 Å². The van der Waals surface area contributed by atoms with Gasteiger partial charge in [0.15, 0.2) is 0 Å². The first-order chi connectivity index (χ1) is 11.9.